The van der Waals surface area contributed by atoms with Gasteiger partial charge in [0.05, 0.1) is 38.6 Å². The Bertz CT molecular complexity index is 970. The van der Waals surface area contributed by atoms with Gasteiger partial charge in [0.2, 0.25) is 0 Å². The number of ketones is 1. The zero-order valence-corrected chi connectivity index (χ0v) is 32.8. The van der Waals surface area contributed by atoms with Crippen molar-refractivity contribution in [2.75, 3.05) is 61.1 Å². The van der Waals surface area contributed by atoms with Crippen LogP contribution in [-0.2, 0) is 16.0 Å². The maximum atomic E-state index is 13.0. The molecular weight excluding hydrogens is 632 g/mol. The van der Waals surface area contributed by atoms with Gasteiger partial charge in [0.1, 0.15) is 17.3 Å². The van der Waals surface area contributed by atoms with Gasteiger partial charge in [-0.2, -0.15) is 0 Å². The molecule has 290 valence electrons. The van der Waals surface area contributed by atoms with Gasteiger partial charge in [-0.15, -0.1) is 0 Å². The number of aliphatic hydroxyl groups is 2. The fourth-order valence-corrected chi connectivity index (χ4v) is 6.38. The van der Waals surface area contributed by atoms with Gasteiger partial charge in [-0.25, -0.2) is 4.79 Å². The number of unbranched alkanes of at least 4 members (excludes halogenated alkanes) is 11. The first kappa shape index (κ1) is 45.8. The van der Waals surface area contributed by atoms with E-state index in [-0.39, 0.29) is 5.78 Å². The summed E-state index contributed by atoms with van der Waals surface area (Å²) in [5.41, 5.74) is 1.12. The van der Waals surface area contributed by atoms with Crippen molar-refractivity contribution in [1.29, 1.82) is 0 Å². The average molecular weight is 707 g/mol. The number of Topliss-reactive ketones (excluding diaryl/α,β-unsaturated/α-hetero) is 1. The molecule has 0 saturated carbocycles. The molecule has 2 N–H and O–H groups in total. The molecule has 2 atom stereocenters. The maximum Gasteiger partial charge on any atom is 0.338 e. The number of carbonyl (C=O) groups excluding carboxylic acids is 2. The summed E-state index contributed by atoms with van der Waals surface area (Å²) >= 11 is 0. The Labute approximate surface area is 305 Å². The molecule has 50 heavy (non-hydrogen) atoms. The summed E-state index contributed by atoms with van der Waals surface area (Å²) in [6, 6.07) is 3.32. The van der Waals surface area contributed by atoms with Gasteiger partial charge < -0.3 is 29.3 Å². The third-order valence-electron chi connectivity index (χ3n) is 9.38. The van der Waals surface area contributed by atoms with E-state index in [0.29, 0.717) is 56.0 Å². The second kappa shape index (κ2) is 29.4. The molecule has 1 rings (SSSR count). The SMILES string of the molecule is CCCCCCCCC(O)CN(CCCCC(=O)CCc1c(OC)cc(C(=O)OCCCN(C)C)cc1OC)CC(O)CCCCCCCC. The number of aliphatic hydroxyl groups excluding tert-OH is 2. The number of esters is 1. The number of methoxy groups -OCH3 is 2. The highest BCUT2D eigenvalue weighted by Gasteiger charge is 2.19. The number of carbonyl (C=O) groups is 2. The first-order valence-corrected chi connectivity index (χ1v) is 19.8. The summed E-state index contributed by atoms with van der Waals surface area (Å²) in [6.07, 6.45) is 18.8. The standard InChI is InChI=1S/C41H74N2O7/c1-7-9-11-13-15-17-23-36(45)32-43(33-37(46)24-18-16-14-12-10-8-2)28-20-19-22-35(44)25-26-38-39(48-5)30-34(31-40(38)49-6)41(47)50-29-21-27-42(3)4/h30-31,36-37,45-46H,7-29,32-33H2,1-6H3. The topological polar surface area (TPSA) is 109 Å². The second-order valence-electron chi connectivity index (χ2n) is 14.3. The predicted molar refractivity (Wildman–Crippen MR) is 205 cm³/mol. The Morgan fingerprint density at radius 1 is 0.680 bits per heavy atom. The van der Waals surface area contributed by atoms with E-state index in [1.54, 1.807) is 26.4 Å². The van der Waals surface area contributed by atoms with Crippen LogP contribution in [0.4, 0.5) is 0 Å². The van der Waals surface area contributed by atoms with Crippen molar-refractivity contribution >= 4 is 11.8 Å². The lowest BCUT2D eigenvalue weighted by Crippen LogP contribution is -2.38. The Morgan fingerprint density at radius 3 is 1.70 bits per heavy atom. The van der Waals surface area contributed by atoms with Crippen LogP contribution in [0.1, 0.15) is 152 Å². The molecule has 0 aliphatic carbocycles. The summed E-state index contributed by atoms with van der Waals surface area (Å²) in [4.78, 5) is 29.9. The molecule has 1 aromatic carbocycles. The highest BCUT2D eigenvalue weighted by Crippen LogP contribution is 2.32. The maximum absolute atomic E-state index is 13.0. The monoisotopic (exact) mass is 707 g/mol. The van der Waals surface area contributed by atoms with Gasteiger partial charge in [-0.3, -0.25) is 9.69 Å². The molecule has 0 spiro atoms. The van der Waals surface area contributed by atoms with Crippen molar-refractivity contribution in [2.45, 2.75) is 154 Å². The zero-order chi connectivity index (χ0) is 37.0. The van der Waals surface area contributed by atoms with Gasteiger partial charge in [-0.1, -0.05) is 90.9 Å². The Kier molecular flexibility index (Phi) is 26.9. The Morgan fingerprint density at radius 2 is 1.20 bits per heavy atom. The average Bonchev–Trinajstić information content (AvgIpc) is 3.09. The molecule has 1 aromatic rings. The summed E-state index contributed by atoms with van der Waals surface area (Å²) in [6.45, 7) is 7.49. The number of benzene rings is 1. The number of hydrogen-bond acceptors (Lipinski definition) is 9. The second-order valence-corrected chi connectivity index (χ2v) is 14.3. The van der Waals surface area contributed by atoms with Crippen molar-refractivity contribution in [3.63, 3.8) is 0 Å². The quantitative estimate of drug-likeness (QED) is 0.0555. The van der Waals surface area contributed by atoms with E-state index in [1.807, 2.05) is 19.0 Å². The van der Waals surface area contributed by atoms with E-state index in [1.165, 1.54) is 51.4 Å². The first-order chi connectivity index (χ1) is 24.1. The molecule has 2 unspecified atom stereocenters. The van der Waals surface area contributed by atoms with Crippen molar-refractivity contribution in [2.24, 2.45) is 0 Å². The highest BCUT2D eigenvalue weighted by atomic mass is 16.5. The Hall–Kier alpha value is -2.20. The molecule has 0 radical (unpaired) electrons. The van der Waals surface area contributed by atoms with E-state index in [4.69, 9.17) is 14.2 Å². The van der Waals surface area contributed by atoms with Crippen LogP contribution in [0.25, 0.3) is 0 Å². The largest absolute Gasteiger partial charge is 0.496 e. The van der Waals surface area contributed by atoms with Crippen molar-refractivity contribution in [3.8, 4) is 11.5 Å². The molecule has 0 saturated heterocycles. The van der Waals surface area contributed by atoms with Gasteiger partial charge in [0.25, 0.3) is 0 Å². The van der Waals surface area contributed by atoms with E-state index < -0.39 is 18.2 Å². The minimum atomic E-state index is -0.429. The summed E-state index contributed by atoms with van der Waals surface area (Å²) < 4.78 is 16.6. The molecule has 0 fully saturated rings. The fourth-order valence-electron chi connectivity index (χ4n) is 6.38. The molecule has 0 amide bonds. The van der Waals surface area contributed by atoms with Crippen LogP contribution >= 0.6 is 0 Å². The van der Waals surface area contributed by atoms with Crippen LogP contribution in [0, 0.1) is 0 Å². The van der Waals surface area contributed by atoms with Crippen molar-refractivity contribution < 1.29 is 34.0 Å². The van der Waals surface area contributed by atoms with Crippen molar-refractivity contribution in [1.82, 2.24) is 9.80 Å². The van der Waals surface area contributed by atoms with Crippen LogP contribution in [0.3, 0.4) is 0 Å². The third kappa shape index (κ3) is 21.9. The summed E-state index contributed by atoms with van der Waals surface area (Å²) in [5, 5.41) is 21.7. The van der Waals surface area contributed by atoms with Gasteiger partial charge in [0.15, 0.2) is 0 Å². The lowest BCUT2D eigenvalue weighted by atomic mass is 10.0. The van der Waals surface area contributed by atoms with Crippen LogP contribution in [0.15, 0.2) is 12.1 Å². The number of ether oxygens (including phenoxy) is 3. The zero-order valence-electron chi connectivity index (χ0n) is 32.8. The minimum Gasteiger partial charge on any atom is -0.496 e. The predicted octanol–water partition coefficient (Wildman–Crippen LogP) is 8.01. The fraction of sp³-hybridized carbons (Fsp3) is 0.805. The summed E-state index contributed by atoms with van der Waals surface area (Å²) in [5.74, 6) is 0.747. The highest BCUT2D eigenvalue weighted by molar-refractivity contribution is 5.91. The lowest BCUT2D eigenvalue weighted by Gasteiger charge is -2.27. The molecule has 0 aromatic heterocycles. The van der Waals surface area contributed by atoms with E-state index >= 15 is 0 Å². The van der Waals surface area contributed by atoms with Crippen LogP contribution in [0.2, 0.25) is 0 Å². The molecule has 0 aliphatic heterocycles. The molecule has 9 nitrogen and oxygen atoms in total. The van der Waals surface area contributed by atoms with Crippen LogP contribution < -0.4 is 9.47 Å². The minimum absolute atomic E-state index is 0.163. The normalized spacial score (nSPS) is 12.8. The van der Waals surface area contributed by atoms with E-state index in [9.17, 15) is 19.8 Å². The van der Waals surface area contributed by atoms with Gasteiger partial charge >= 0.3 is 5.97 Å². The smallest absolute Gasteiger partial charge is 0.338 e. The van der Waals surface area contributed by atoms with Gasteiger partial charge in [-0.05, 0) is 71.3 Å². The van der Waals surface area contributed by atoms with Crippen molar-refractivity contribution in [3.05, 3.63) is 23.3 Å². The summed E-state index contributed by atoms with van der Waals surface area (Å²) in [7, 11) is 7.05. The molecule has 9 heteroatoms. The van der Waals surface area contributed by atoms with E-state index in [2.05, 4.69) is 18.7 Å². The lowest BCUT2D eigenvalue weighted by molar-refractivity contribution is -0.119. The number of hydrogen-bond donors (Lipinski definition) is 2. The van der Waals surface area contributed by atoms with Crippen LogP contribution in [0.5, 0.6) is 11.5 Å². The number of rotatable bonds is 33. The number of nitrogens with zero attached hydrogens (tertiary/aromatic N) is 2. The first-order valence-electron chi connectivity index (χ1n) is 19.8. The molecule has 0 bridgehead atoms. The van der Waals surface area contributed by atoms with Gasteiger partial charge in [0, 0.05) is 38.0 Å². The van der Waals surface area contributed by atoms with E-state index in [0.717, 1.165) is 76.4 Å². The Balaban J connectivity index is 2.64. The molecular formula is C41H74N2O7. The van der Waals surface area contributed by atoms with Crippen LogP contribution in [-0.4, -0.2) is 105 Å². The molecule has 0 aliphatic rings. The molecule has 0 heterocycles. The third-order valence-corrected chi connectivity index (χ3v) is 9.38.